The minimum absolute atomic E-state index is 0.0338. The Labute approximate surface area is 155 Å². The van der Waals surface area contributed by atoms with Crippen LogP contribution >= 0.6 is 0 Å². The SMILES string of the molecule is CCn1c(=O)n(-c2ccc(OCc3ccccc3)cc2)c2ncc(O)cc21. The zero-order chi connectivity index (χ0) is 18.8. The summed E-state index contributed by atoms with van der Waals surface area (Å²) >= 11 is 0. The van der Waals surface area contributed by atoms with Crippen LogP contribution in [0.15, 0.2) is 71.7 Å². The molecule has 4 rings (SSSR count). The Balaban J connectivity index is 1.66. The van der Waals surface area contributed by atoms with Crippen molar-refractivity contribution in [2.75, 3.05) is 0 Å². The highest BCUT2D eigenvalue weighted by Gasteiger charge is 2.15. The summed E-state index contributed by atoms with van der Waals surface area (Å²) in [6, 6.07) is 18.8. The Morgan fingerprint density at radius 1 is 1.07 bits per heavy atom. The maximum absolute atomic E-state index is 12.8. The van der Waals surface area contributed by atoms with Crippen LogP contribution in [0.5, 0.6) is 11.5 Å². The van der Waals surface area contributed by atoms with Crippen LogP contribution in [0.2, 0.25) is 0 Å². The fraction of sp³-hybridized carbons (Fsp3) is 0.143. The van der Waals surface area contributed by atoms with Gasteiger partial charge in [-0.3, -0.25) is 4.57 Å². The lowest BCUT2D eigenvalue weighted by atomic mass is 10.2. The molecule has 6 nitrogen and oxygen atoms in total. The second kappa shape index (κ2) is 6.99. The topological polar surface area (TPSA) is 69.3 Å². The van der Waals surface area contributed by atoms with Crippen molar-refractivity contribution in [1.82, 2.24) is 14.1 Å². The van der Waals surface area contributed by atoms with Gasteiger partial charge in [-0.15, -0.1) is 0 Å². The summed E-state index contributed by atoms with van der Waals surface area (Å²) < 4.78 is 8.93. The van der Waals surface area contributed by atoms with Gasteiger partial charge in [-0.25, -0.2) is 14.3 Å². The molecule has 0 spiro atoms. The van der Waals surface area contributed by atoms with Crippen LogP contribution in [-0.2, 0) is 13.2 Å². The normalized spacial score (nSPS) is 11.0. The summed E-state index contributed by atoms with van der Waals surface area (Å²) in [5.74, 6) is 0.756. The second-order valence-electron chi connectivity index (χ2n) is 6.17. The largest absolute Gasteiger partial charge is 0.506 e. The number of benzene rings is 2. The van der Waals surface area contributed by atoms with Gasteiger partial charge in [0.1, 0.15) is 18.1 Å². The third-order valence-corrected chi connectivity index (χ3v) is 4.42. The summed E-state index contributed by atoms with van der Waals surface area (Å²) in [6.45, 7) is 2.86. The Bertz CT molecular complexity index is 1130. The van der Waals surface area contributed by atoms with Gasteiger partial charge in [-0.2, -0.15) is 0 Å². The van der Waals surface area contributed by atoms with Crippen LogP contribution in [0.4, 0.5) is 0 Å². The average Bonchev–Trinajstić information content (AvgIpc) is 2.98. The monoisotopic (exact) mass is 361 g/mol. The molecule has 0 amide bonds. The molecule has 0 saturated heterocycles. The van der Waals surface area contributed by atoms with E-state index in [1.807, 2.05) is 61.5 Å². The lowest BCUT2D eigenvalue weighted by Crippen LogP contribution is -2.22. The van der Waals surface area contributed by atoms with Crippen molar-refractivity contribution in [1.29, 1.82) is 0 Å². The molecular formula is C21H19N3O3. The smallest absolute Gasteiger partial charge is 0.334 e. The van der Waals surface area contributed by atoms with Crippen LogP contribution in [0, 0.1) is 0 Å². The number of aromatic nitrogens is 3. The zero-order valence-corrected chi connectivity index (χ0v) is 14.9. The Kier molecular flexibility index (Phi) is 4.38. The van der Waals surface area contributed by atoms with E-state index in [4.69, 9.17) is 4.74 Å². The molecule has 2 heterocycles. The fourth-order valence-electron chi connectivity index (χ4n) is 3.09. The number of ether oxygens (including phenoxy) is 1. The van der Waals surface area contributed by atoms with E-state index < -0.39 is 0 Å². The molecule has 2 aromatic carbocycles. The molecule has 0 saturated carbocycles. The predicted molar refractivity (Wildman–Crippen MR) is 103 cm³/mol. The highest BCUT2D eigenvalue weighted by Crippen LogP contribution is 2.21. The Morgan fingerprint density at radius 3 is 2.52 bits per heavy atom. The Morgan fingerprint density at radius 2 is 1.81 bits per heavy atom. The van der Waals surface area contributed by atoms with Crippen LogP contribution in [0.1, 0.15) is 12.5 Å². The molecule has 0 aliphatic heterocycles. The molecule has 0 unspecified atom stereocenters. The number of rotatable bonds is 5. The van der Waals surface area contributed by atoms with Gasteiger partial charge in [0.15, 0.2) is 5.65 Å². The standard InChI is InChI=1S/C21H19N3O3/c1-2-23-19-12-17(25)13-22-20(19)24(21(23)26)16-8-10-18(11-9-16)27-14-15-6-4-3-5-7-15/h3-13,25H,2,14H2,1H3. The number of hydrogen-bond donors (Lipinski definition) is 1. The lowest BCUT2D eigenvalue weighted by Gasteiger charge is -2.08. The number of aromatic hydroxyl groups is 1. The van der Waals surface area contributed by atoms with Gasteiger partial charge in [0, 0.05) is 12.6 Å². The van der Waals surface area contributed by atoms with Gasteiger partial charge in [0.25, 0.3) is 0 Å². The van der Waals surface area contributed by atoms with E-state index in [0.29, 0.717) is 30.0 Å². The van der Waals surface area contributed by atoms with E-state index in [9.17, 15) is 9.90 Å². The third-order valence-electron chi connectivity index (χ3n) is 4.42. The van der Waals surface area contributed by atoms with Crippen molar-refractivity contribution in [3.63, 3.8) is 0 Å². The summed E-state index contributed by atoms with van der Waals surface area (Å²) in [4.78, 5) is 17.0. The molecule has 0 atom stereocenters. The number of imidazole rings is 1. The first kappa shape index (κ1) is 16.9. The van der Waals surface area contributed by atoms with Gasteiger partial charge in [-0.05, 0) is 36.8 Å². The molecular weight excluding hydrogens is 342 g/mol. The van der Waals surface area contributed by atoms with Crippen molar-refractivity contribution in [2.45, 2.75) is 20.1 Å². The van der Waals surface area contributed by atoms with E-state index in [1.165, 1.54) is 6.20 Å². The van der Waals surface area contributed by atoms with Crippen LogP contribution < -0.4 is 10.4 Å². The van der Waals surface area contributed by atoms with E-state index >= 15 is 0 Å². The highest BCUT2D eigenvalue weighted by atomic mass is 16.5. The van der Waals surface area contributed by atoms with Crippen molar-refractivity contribution in [2.24, 2.45) is 0 Å². The number of hydrogen-bond acceptors (Lipinski definition) is 4. The maximum atomic E-state index is 12.8. The van der Waals surface area contributed by atoms with Crippen LogP contribution in [0.25, 0.3) is 16.9 Å². The molecule has 1 N–H and O–H groups in total. The summed E-state index contributed by atoms with van der Waals surface area (Å²) in [6.07, 6.45) is 1.34. The van der Waals surface area contributed by atoms with Gasteiger partial charge in [0.05, 0.1) is 17.4 Å². The third kappa shape index (κ3) is 3.17. The maximum Gasteiger partial charge on any atom is 0.334 e. The molecule has 0 aliphatic rings. The van der Waals surface area contributed by atoms with Gasteiger partial charge >= 0.3 is 5.69 Å². The zero-order valence-electron chi connectivity index (χ0n) is 14.9. The molecule has 0 radical (unpaired) electrons. The van der Waals surface area contributed by atoms with Crippen molar-refractivity contribution < 1.29 is 9.84 Å². The van der Waals surface area contributed by atoms with E-state index in [1.54, 1.807) is 15.2 Å². The number of pyridine rings is 1. The highest BCUT2D eigenvalue weighted by molar-refractivity contribution is 5.75. The minimum Gasteiger partial charge on any atom is -0.506 e. The van der Waals surface area contributed by atoms with Gasteiger partial charge in [0.2, 0.25) is 0 Å². The van der Waals surface area contributed by atoms with E-state index in [0.717, 1.165) is 11.3 Å². The van der Waals surface area contributed by atoms with E-state index in [-0.39, 0.29) is 11.4 Å². The quantitative estimate of drug-likeness (QED) is 0.591. The molecule has 0 fully saturated rings. The fourth-order valence-corrected chi connectivity index (χ4v) is 3.09. The molecule has 0 bridgehead atoms. The first-order valence-electron chi connectivity index (χ1n) is 8.75. The summed E-state index contributed by atoms with van der Waals surface area (Å²) in [5, 5.41) is 9.71. The first-order valence-corrected chi connectivity index (χ1v) is 8.75. The first-order chi connectivity index (χ1) is 13.2. The van der Waals surface area contributed by atoms with Gasteiger partial charge in [-0.1, -0.05) is 30.3 Å². The summed E-state index contributed by atoms with van der Waals surface area (Å²) in [5.41, 5.74) is 2.71. The molecule has 2 aromatic heterocycles. The molecule has 27 heavy (non-hydrogen) atoms. The number of aryl methyl sites for hydroxylation is 1. The van der Waals surface area contributed by atoms with Crippen molar-refractivity contribution in [3.05, 3.63) is 82.9 Å². The van der Waals surface area contributed by atoms with Crippen LogP contribution in [0.3, 0.4) is 0 Å². The van der Waals surface area contributed by atoms with E-state index in [2.05, 4.69) is 4.98 Å². The average molecular weight is 361 g/mol. The molecule has 136 valence electrons. The van der Waals surface area contributed by atoms with Crippen molar-refractivity contribution in [3.8, 4) is 17.2 Å². The molecule has 6 heteroatoms. The predicted octanol–water partition coefficient (Wildman–Crippen LogP) is 3.49. The van der Waals surface area contributed by atoms with Crippen LogP contribution in [-0.4, -0.2) is 19.2 Å². The molecule has 0 aliphatic carbocycles. The van der Waals surface area contributed by atoms with Crippen molar-refractivity contribution >= 4 is 11.2 Å². The minimum atomic E-state index is -0.191. The summed E-state index contributed by atoms with van der Waals surface area (Å²) in [7, 11) is 0. The Hall–Kier alpha value is -3.54. The lowest BCUT2D eigenvalue weighted by molar-refractivity contribution is 0.306. The van der Waals surface area contributed by atoms with Gasteiger partial charge < -0.3 is 9.84 Å². The number of fused-ring (bicyclic) bond motifs is 1. The number of nitrogens with zero attached hydrogens (tertiary/aromatic N) is 3. The second-order valence-corrected chi connectivity index (χ2v) is 6.17. The molecule has 4 aromatic rings.